The van der Waals surface area contributed by atoms with E-state index < -0.39 is 0 Å². The highest BCUT2D eigenvalue weighted by Crippen LogP contribution is 2.49. The predicted molar refractivity (Wildman–Crippen MR) is 207 cm³/mol. The molecule has 10 rings (SSSR count). The van der Waals surface area contributed by atoms with Gasteiger partial charge in [0.25, 0.3) is 0 Å². The van der Waals surface area contributed by atoms with Crippen LogP contribution in [-0.4, -0.2) is 19.9 Å². The number of rotatable bonds is 3. The zero-order chi connectivity index (χ0) is 32.5. The average Bonchev–Trinajstić information content (AvgIpc) is 3.98. The molecule has 3 aliphatic rings. The van der Waals surface area contributed by atoms with Crippen LogP contribution in [0.1, 0.15) is 28.3 Å². The average molecular weight is 692 g/mol. The molecule has 7 aromatic rings. The first-order valence-electron chi connectivity index (χ1n) is 16.4. The molecule has 0 unspecified atom stereocenters. The van der Waals surface area contributed by atoms with E-state index in [1.807, 2.05) is 6.07 Å². The first-order valence-corrected chi connectivity index (χ1v) is 17.2. The number of nitrogens with zero attached hydrogens (tertiary/aromatic N) is 2. The Morgan fingerprint density at radius 2 is 0.816 bits per heavy atom. The number of hydrogen-bond acceptors (Lipinski definition) is 2. The second-order valence-corrected chi connectivity index (χ2v) is 13.3. The van der Waals surface area contributed by atoms with Crippen molar-refractivity contribution in [3.8, 4) is 44.5 Å². The fraction of sp³-hybridized carbons (Fsp3) is 0. The standard InChI is InChI=1S/C44H27BrN4/c45-32-25-38-40(27-14-6-2-7-15-27)34-21-23-36(47-34)42-30-19-11-10-18-29(30)31-24-37(48-43(31)42)39(26-12-4-1-5-13-26)33-20-22-35(46-33)41(44(32)49-38)28-16-8-3-9-17-28/h1-25,46-47H. The summed E-state index contributed by atoms with van der Waals surface area (Å²) >= 11 is 3.95. The Bertz CT molecular complexity index is 2700. The molecule has 5 heterocycles. The molecule has 4 aromatic carbocycles. The topological polar surface area (TPSA) is 57.4 Å². The molecule has 2 aliphatic heterocycles. The molecule has 2 N–H and O–H groups in total. The summed E-state index contributed by atoms with van der Waals surface area (Å²) in [5.41, 5.74) is 18.7. The number of nitrogens with one attached hydrogen (secondary N) is 2. The number of hydrogen-bond donors (Lipinski definition) is 2. The summed E-state index contributed by atoms with van der Waals surface area (Å²) in [6, 6.07) is 48.9. The van der Waals surface area contributed by atoms with Gasteiger partial charge in [-0.2, -0.15) is 0 Å². The molecule has 4 nitrogen and oxygen atoms in total. The summed E-state index contributed by atoms with van der Waals surface area (Å²) in [6.45, 7) is 0. The molecule has 3 aromatic heterocycles. The Hall–Kier alpha value is -6.04. The van der Waals surface area contributed by atoms with E-state index >= 15 is 0 Å². The summed E-state index contributed by atoms with van der Waals surface area (Å²) in [5, 5.41) is 0. The number of aromatic nitrogens is 4. The molecule has 0 saturated heterocycles. The van der Waals surface area contributed by atoms with E-state index in [0.29, 0.717) is 0 Å². The Balaban J connectivity index is 1.43. The lowest BCUT2D eigenvalue weighted by Crippen LogP contribution is -1.89. The van der Waals surface area contributed by atoms with Crippen LogP contribution in [0.5, 0.6) is 0 Å². The summed E-state index contributed by atoms with van der Waals surface area (Å²) in [7, 11) is 0. The van der Waals surface area contributed by atoms with E-state index in [0.717, 1.165) is 93.8 Å². The lowest BCUT2D eigenvalue weighted by Gasteiger charge is -2.07. The zero-order valence-electron chi connectivity index (χ0n) is 26.2. The van der Waals surface area contributed by atoms with Crippen molar-refractivity contribution in [2.75, 3.05) is 0 Å². The van der Waals surface area contributed by atoms with E-state index in [-0.39, 0.29) is 0 Å². The second kappa shape index (κ2) is 11.0. The summed E-state index contributed by atoms with van der Waals surface area (Å²) in [6.07, 6.45) is 4.40. The van der Waals surface area contributed by atoms with Crippen LogP contribution in [0.3, 0.4) is 0 Å². The van der Waals surface area contributed by atoms with E-state index in [1.165, 1.54) is 11.1 Å². The van der Waals surface area contributed by atoms with Gasteiger partial charge in [-0.1, -0.05) is 115 Å². The van der Waals surface area contributed by atoms with Gasteiger partial charge in [-0.25, -0.2) is 9.97 Å². The summed E-state index contributed by atoms with van der Waals surface area (Å²) < 4.78 is 0.931. The van der Waals surface area contributed by atoms with Crippen LogP contribution in [-0.2, 0) is 0 Å². The van der Waals surface area contributed by atoms with Gasteiger partial charge in [-0.15, -0.1) is 0 Å². The highest BCUT2D eigenvalue weighted by Gasteiger charge is 2.30. The molecule has 8 bridgehead atoms. The lowest BCUT2D eigenvalue weighted by atomic mass is 10.0. The molecule has 0 amide bonds. The van der Waals surface area contributed by atoms with Crippen LogP contribution in [0.15, 0.2) is 140 Å². The molecule has 1 aliphatic carbocycles. The molecule has 5 heteroatoms. The molecule has 0 radical (unpaired) electrons. The van der Waals surface area contributed by atoms with Crippen LogP contribution in [0.2, 0.25) is 0 Å². The highest BCUT2D eigenvalue weighted by atomic mass is 79.9. The first-order chi connectivity index (χ1) is 24.2. The van der Waals surface area contributed by atoms with Crippen LogP contribution in [0, 0.1) is 0 Å². The summed E-state index contributed by atoms with van der Waals surface area (Å²) in [4.78, 5) is 18.5. The van der Waals surface area contributed by atoms with Crippen LogP contribution >= 0.6 is 15.9 Å². The summed E-state index contributed by atoms with van der Waals surface area (Å²) in [5.74, 6) is 0. The lowest BCUT2D eigenvalue weighted by molar-refractivity contribution is 1.31. The van der Waals surface area contributed by atoms with Crippen molar-refractivity contribution in [2.45, 2.75) is 0 Å². The highest BCUT2D eigenvalue weighted by molar-refractivity contribution is 9.15. The van der Waals surface area contributed by atoms with Gasteiger partial charge in [0.05, 0.1) is 22.8 Å². The normalized spacial score (nSPS) is 12.8. The van der Waals surface area contributed by atoms with Crippen molar-refractivity contribution in [2.24, 2.45) is 0 Å². The van der Waals surface area contributed by atoms with Gasteiger partial charge in [-0.3, -0.25) is 0 Å². The van der Waals surface area contributed by atoms with E-state index in [9.17, 15) is 0 Å². The van der Waals surface area contributed by atoms with Gasteiger partial charge < -0.3 is 9.97 Å². The third kappa shape index (κ3) is 4.43. The maximum Gasteiger partial charge on any atom is 0.0879 e. The zero-order valence-corrected chi connectivity index (χ0v) is 27.8. The Labute approximate surface area is 291 Å². The maximum absolute atomic E-state index is 5.46. The van der Waals surface area contributed by atoms with Crippen molar-refractivity contribution in [1.29, 1.82) is 0 Å². The van der Waals surface area contributed by atoms with Crippen LogP contribution in [0.4, 0.5) is 0 Å². The third-order valence-corrected chi connectivity index (χ3v) is 10.2. The van der Waals surface area contributed by atoms with Gasteiger partial charge in [0.2, 0.25) is 0 Å². The molecule has 0 saturated carbocycles. The number of halogens is 1. The van der Waals surface area contributed by atoms with Gasteiger partial charge in [-0.05, 0) is 80.2 Å². The van der Waals surface area contributed by atoms with Crippen LogP contribution in [0.25, 0.3) is 88.8 Å². The van der Waals surface area contributed by atoms with Crippen molar-refractivity contribution < 1.29 is 0 Å². The van der Waals surface area contributed by atoms with Gasteiger partial charge in [0.15, 0.2) is 0 Å². The molecule has 230 valence electrons. The van der Waals surface area contributed by atoms with Gasteiger partial charge in [0, 0.05) is 54.4 Å². The third-order valence-electron chi connectivity index (χ3n) is 9.60. The molecule has 0 spiro atoms. The molecule has 0 fully saturated rings. The number of fused-ring (bicyclic) bond motifs is 11. The van der Waals surface area contributed by atoms with Gasteiger partial charge >= 0.3 is 0 Å². The Morgan fingerprint density at radius 1 is 0.388 bits per heavy atom. The fourth-order valence-electron chi connectivity index (χ4n) is 7.47. The van der Waals surface area contributed by atoms with E-state index in [2.05, 4.69) is 172 Å². The monoisotopic (exact) mass is 690 g/mol. The minimum atomic E-state index is 0.876. The SMILES string of the molecule is BrC1=Cc2nc1c(-c1ccccc1)c1ccc([nH]1)c(-c1ccccc1)c1nc3c(c4ccc([nH]4)c2-c2ccccc2)-c2ccccc2C3=C1. The minimum Gasteiger partial charge on any atom is -0.354 e. The second-order valence-electron chi connectivity index (χ2n) is 12.5. The Morgan fingerprint density at radius 3 is 1.39 bits per heavy atom. The molecule has 49 heavy (non-hydrogen) atoms. The van der Waals surface area contributed by atoms with Crippen molar-refractivity contribution in [1.82, 2.24) is 19.9 Å². The molecular weight excluding hydrogens is 664 g/mol. The molecule has 0 atom stereocenters. The van der Waals surface area contributed by atoms with E-state index in [4.69, 9.17) is 9.97 Å². The largest absolute Gasteiger partial charge is 0.354 e. The Kier molecular flexibility index (Phi) is 6.30. The number of H-pyrrole nitrogens is 2. The quantitative estimate of drug-likeness (QED) is 0.194. The van der Waals surface area contributed by atoms with Crippen molar-refractivity contribution in [3.63, 3.8) is 0 Å². The van der Waals surface area contributed by atoms with Crippen molar-refractivity contribution >= 4 is 60.2 Å². The molecular formula is C44H27BrN4. The predicted octanol–water partition coefficient (Wildman–Crippen LogP) is 11.8. The smallest absolute Gasteiger partial charge is 0.0879 e. The van der Waals surface area contributed by atoms with E-state index in [1.54, 1.807) is 0 Å². The fourth-order valence-corrected chi connectivity index (χ4v) is 7.97. The number of aromatic amines is 2. The number of benzene rings is 4. The minimum absolute atomic E-state index is 0.876. The van der Waals surface area contributed by atoms with Gasteiger partial charge in [0.1, 0.15) is 0 Å². The first kappa shape index (κ1) is 28.0. The van der Waals surface area contributed by atoms with Crippen LogP contribution < -0.4 is 0 Å². The van der Waals surface area contributed by atoms with Crippen molar-refractivity contribution in [3.05, 3.63) is 168 Å². The maximum atomic E-state index is 5.46.